The van der Waals surface area contributed by atoms with Crippen LogP contribution < -0.4 is 10.6 Å². The molecule has 3 aromatic carbocycles. The molecule has 3 rings (SSSR count). The van der Waals surface area contributed by atoms with Crippen molar-refractivity contribution >= 4 is 45.2 Å². The van der Waals surface area contributed by atoms with Crippen molar-refractivity contribution in [2.45, 2.75) is 0 Å². The number of thiocarbonyl (C=S) groups is 1. The molecule has 0 aliphatic rings. The molecule has 0 radical (unpaired) electrons. The summed E-state index contributed by atoms with van der Waals surface area (Å²) >= 11 is 5.28. The van der Waals surface area contributed by atoms with Gasteiger partial charge in [0.15, 0.2) is 5.11 Å². The second kappa shape index (κ2) is 6.41. The van der Waals surface area contributed by atoms with Crippen molar-refractivity contribution in [1.82, 2.24) is 0 Å². The van der Waals surface area contributed by atoms with Gasteiger partial charge in [-0.2, -0.15) is 0 Å². The second-order valence-electron chi connectivity index (χ2n) is 4.88. The summed E-state index contributed by atoms with van der Waals surface area (Å²) in [5.74, 6) is 0. The Hall–Kier alpha value is -2.99. The van der Waals surface area contributed by atoms with Crippen molar-refractivity contribution in [2.24, 2.45) is 0 Å². The highest BCUT2D eigenvalue weighted by molar-refractivity contribution is 7.80. The molecule has 23 heavy (non-hydrogen) atoms. The van der Waals surface area contributed by atoms with Gasteiger partial charge in [-0.05, 0) is 29.7 Å². The fourth-order valence-corrected chi connectivity index (χ4v) is 2.57. The standard InChI is InChI=1S/C17H13N3O2S/c21-20(22)16-11-4-3-9-15(16)19-17(23)18-14-10-5-7-12-6-1-2-8-13(12)14/h1-11H,(H2,18,19,23). The van der Waals surface area contributed by atoms with Crippen LogP contribution in [0.4, 0.5) is 17.1 Å². The zero-order valence-electron chi connectivity index (χ0n) is 12.0. The zero-order chi connectivity index (χ0) is 16.2. The maximum atomic E-state index is 11.0. The van der Waals surface area contributed by atoms with E-state index in [4.69, 9.17) is 12.2 Å². The molecule has 0 unspecified atom stereocenters. The lowest BCUT2D eigenvalue weighted by Gasteiger charge is -2.12. The number of nitrogens with zero attached hydrogens (tertiary/aromatic N) is 1. The summed E-state index contributed by atoms with van der Waals surface area (Å²) in [4.78, 5) is 10.6. The van der Waals surface area contributed by atoms with Gasteiger partial charge in [-0.1, -0.05) is 48.5 Å². The van der Waals surface area contributed by atoms with E-state index < -0.39 is 4.92 Å². The van der Waals surface area contributed by atoms with Crippen LogP contribution in [0.15, 0.2) is 66.7 Å². The number of para-hydroxylation sites is 2. The van der Waals surface area contributed by atoms with Crippen molar-refractivity contribution in [3.63, 3.8) is 0 Å². The molecule has 6 heteroatoms. The number of fused-ring (bicyclic) bond motifs is 1. The highest BCUT2D eigenvalue weighted by Crippen LogP contribution is 2.25. The van der Waals surface area contributed by atoms with Crippen LogP contribution in [0, 0.1) is 10.1 Å². The van der Waals surface area contributed by atoms with Crippen LogP contribution in [0.2, 0.25) is 0 Å². The lowest BCUT2D eigenvalue weighted by molar-refractivity contribution is -0.383. The van der Waals surface area contributed by atoms with Crippen LogP contribution in [-0.2, 0) is 0 Å². The first kappa shape index (κ1) is 14.9. The average molecular weight is 323 g/mol. The fourth-order valence-electron chi connectivity index (χ4n) is 2.35. The van der Waals surface area contributed by atoms with Gasteiger partial charge in [-0.25, -0.2) is 0 Å². The molecule has 0 spiro atoms. The van der Waals surface area contributed by atoms with Gasteiger partial charge in [0.2, 0.25) is 0 Å². The first-order valence-corrected chi connectivity index (χ1v) is 7.35. The molecular formula is C17H13N3O2S. The lowest BCUT2D eigenvalue weighted by atomic mass is 10.1. The Labute approximate surface area is 138 Å². The summed E-state index contributed by atoms with van der Waals surface area (Å²) in [6, 6.07) is 20.2. The van der Waals surface area contributed by atoms with Crippen LogP contribution in [0.5, 0.6) is 0 Å². The van der Waals surface area contributed by atoms with Gasteiger partial charge >= 0.3 is 0 Å². The van der Waals surface area contributed by atoms with E-state index in [1.165, 1.54) is 6.07 Å². The number of anilines is 2. The molecule has 3 aromatic rings. The molecule has 0 aromatic heterocycles. The van der Waals surface area contributed by atoms with E-state index in [-0.39, 0.29) is 5.69 Å². The largest absolute Gasteiger partial charge is 0.332 e. The predicted molar refractivity (Wildman–Crippen MR) is 96.9 cm³/mol. The minimum Gasteiger partial charge on any atom is -0.332 e. The molecule has 114 valence electrons. The van der Waals surface area contributed by atoms with Crippen molar-refractivity contribution in [2.75, 3.05) is 10.6 Å². The molecule has 0 amide bonds. The van der Waals surface area contributed by atoms with Gasteiger partial charge in [0.05, 0.1) is 4.92 Å². The van der Waals surface area contributed by atoms with Crippen molar-refractivity contribution < 1.29 is 4.92 Å². The van der Waals surface area contributed by atoms with Crippen LogP contribution >= 0.6 is 12.2 Å². The highest BCUT2D eigenvalue weighted by atomic mass is 32.1. The number of nitro benzene ring substituents is 1. The van der Waals surface area contributed by atoms with E-state index in [0.29, 0.717) is 10.8 Å². The summed E-state index contributed by atoms with van der Waals surface area (Å²) in [5.41, 5.74) is 1.18. The monoisotopic (exact) mass is 323 g/mol. The number of nitro groups is 1. The Balaban J connectivity index is 1.84. The number of nitrogens with one attached hydrogen (secondary N) is 2. The first-order valence-electron chi connectivity index (χ1n) is 6.94. The molecule has 0 fully saturated rings. The summed E-state index contributed by atoms with van der Waals surface area (Å²) in [7, 11) is 0. The third kappa shape index (κ3) is 3.27. The van der Waals surface area contributed by atoms with Gasteiger partial charge in [0, 0.05) is 17.1 Å². The van der Waals surface area contributed by atoms with Crippen LogP contribution in [0.25, 0.3) is 10.8 Å². The molecule has 0 heterocycles. The molecule has 0 atom stereocenters. The maximum Gasteiger partial charge on any atom is 0.292 e. The summed E-state index contributed by atoms with van der Waals surface area (Å²) < 4.78 is 0. The van der Waals surface area contributed by atoms with Crippen molar-refractivity contribution in [3.8, 4) is 0 Å². The van der Waals surface area contributed by atoms with Gasteiger partial charge in [-0.3, -0.25) is 10.1 Å². The number of hydrogen-bond acceptors (Lipinski definition) is 3. The summed E-state index contributed by atoms with van der Waals surface area (Å²) in [6.45, 7) is 0. The quantitative estimate of drug-likeness (QED) is 0.420. The number of rotatable bonds is 3. The normalized spacial score (nSPS) is 10.3. The lowest BCUT2D eigenvalue weighted by Crippen LogP contribution is -2.19. The van der Waals surface area contributed by atoms with Gasteiger partial charge < -0.3 is 10.6 Å². The van der Waals surface area contributed by atoms with Gasteiger partial charge in [0.1, 0.15) is 5.69 Å². The van der Waals surface area contributed by atoms with Crippen molar-refractivity contribution in [1.29, 1.82) is 0 Å². The van der Waals surface area contributed by atoms with E-state index in [2.05, 4.69) is 10.6 Å². The van der Waals surface area contributed by atoms with Crippen LogP contribution in [0.3, 0.4) is 0 Å². The molecule has 0 saturated carbocycles. The minimum absolute atomic E-state index is 0.0189. The molecule has 0 bridgehead atoms. The van der Waals surface area contributed by atoms with Crippen LogP contribution in [0.1, 0.15) is 0 Å². The molecular weight excluding hydrogens is 310 g/mol. The second-order valence-corrected chi connectivity index (χ2v) is 5.29. The predicted octanol–water partition coefficient (Wildman–Crippen LogP) is 4.56. The van der Waals surface area contributed by atoms with Crippen LogP contribution in [-0.4, -0.2) is 10.0 Å². The third-order valence-electron chi connectivity index (χ3n) is 3.39. The molecule has 0 aliphatic heterocycles. The van der Waals surface area contributed by atoms with E-state index in [9.17, 15) is 10.1 Å². The van der Waals surface area contributed by atoms with Gasteiger partial charge in [0.25, 0.3) is 5.69 Å². The smallest absolute Gasteiger partial charge is 0.292 e. The third-order valence-corrected chi connectivity index (χ3v) is 3.59. The minimum atomic E-state index is -0.442. The highest BCUT2D eigenvalue weighted by Gasteiger charge is 2.13. The Morgan fingerprint density at radius 3 is 2.30 bits per heavy atom. The first-order chi connectivity index (χ1) is 11.1. The van der Waals surface area contributed by atoms with Gasteiger partial charge in [-0.15, -0.1) is 0 Å². The summed E-state index contributed by atoms with van der Waals surface area (Å²) in [5, 5.41) is 19.4. The molecule has 2 N–H and O–H groups in total. The molecule has 0 aliphatic carbocycles. The van der Waals surface area contributed by atoms with E-state index in [1.807, 2.05) is 42.5 Å². The Morgan fingerprint density at radius 1 is 0.870 bits per heavy atom. The zero-order valence-corrected chi connectivity index (χ0v) is 12.8. The Bertz CT molecular complexity index is 890. The van der Waals surface area contributed by atoms with Crippen molar-refractivity contribution in [3.05, 3.63) is 76.8 Å². The fraction of sp³-hybridized carbons (Fsp3) is 0. The topological polar surface area (TPSA) is 67.2 Å². The maximum absolute atomic E-state index is 11.0. The average Bonchev–Trinajstić information content (AvgIpc) is 2.55. The molecule has 5 nitrogen and oxygen atoms in total. The number of benzene rings is 3. The SMILES string of the molecule is O=[N+]([O-])c1ccccc1NC(=S)Nc1cccc2ccccc12. The van der Waals surface area contributed by atoms with E-state index >= 15 is 0 Å². The number of hydrogen-bond donors (Lipinski definition) is 2. The summed E-state index contributed by atoms with van der Waals surface area (Å²) in [6.07, 6.45) is 0. The molecule has 0 saturated heterocycles. The van der Waals surface area contributed by atoms with E-state index in [0.717, 1.165) is 16.5 Å². The Kier molecular flexibility index (Phi) is 4.16. The Morgan fingerprint density at radius 2 is 1.48 bits per heavy atom. The van der Waals surface area contributed by atoms with E-state index in [1.54, 1.807) is 18.2 Å².